The Morgan fingerprint density at radius 2 is 1.76 bits per heavy atom. The van der Waals surface area contributed by atoms with Crippen LogP contribution in [0.4, 0.5) is 20.2 Å². The van der Waals surface area contributed by atoms with Crippen molar-refractivity contribution in [2.75, 3.05) is 23.9 Å². The molecule has 0 saturated heterocycles. The number of halogens is 2. The van der Waals surface area contributed by atoms with Gasteiger partial charge < -0.3 is 15.0 Å². The zero-order valence-corrected chi connectivity index (χ0v) is 18.1. The topological polar surface area (TPSA) is 92.8 Å². The van der Waals surface area contributed by atoms with Crippen molar-refractivity contribution in [2.45, 2.75) is 25.7 Å². The smallest absolute Gasteiger partial charge is 0.330 e. The van der Waals surface area contributed by atoms with Crippen molar-refractivity contribution in [3.8, 4) is 0 Å². The molecule has 0 fully saturated rings. The Morgan fingerprint density at radius 1 is 1.09 bits per heavy atom. The SMILES string of the molecule is CCC(=O)C(=O)Nc1ccc(C(=O)N2CCC(F)(F)/C(=C\C(=O)OC)c3ccccc32)cc1. The number of ether oxygens (including phenoxy) is 1. The lowest BCUT2D eigenvalue weighted by molar-refractivity contribution is -0.134. The number of para-hydroxylation sites is 1. The summed E-state index contributed by atoms with van der Waals surface area (Å²) in [4.78, 5) is 49.4. The first-order valence-corrected chi connectivity index (χ1v) is 10.2. The monoisotopic (exact) mass is 456 g/mol. The first kappa shape index (κ1) is 23.8. The molecule has 1 aliphatic heterocycles. The number of carbonyl (C=O) groups excluding carboxylic acids is 4. The second-order valence-electron chi connectivity index (χ2n) is 7.32. The second kappa shape index (κ2) is 9.72. The third kappa shape index (κ3) is 5.14. The highest BCUT2D eigenvalue weighted by Gasteiger charge is 2.41. The summed E-state index contributed by atoms with van der Waals surface area (Å²) in [7, 11) is 1.10. The first-order valence-electron chi connectivity index (χ1n) is 10.2. The van der Waals surface area contributed by atoms with Crippen LogP contribution in [0.25, 0.3) is 5.57 Å². The number of allylic oxidation sites excluding steroid dienone is 1. The van der Waals surface area contributed by atoms with E-state index in [9.17, 15) is 28.0 Å². The van der Waals surface area contributed by atoms with Crippen molar-refractivity contribution < 1.29 is 32.7 Å². The van der Waals surface area contributed by atoms with Crippen molar-refractivity contribution in [3.05, 3.63) is 65.7 Å². The number of ketones is 1. The van der Waals surface area contributed by atoms with Crippen LogP contribution in [-0.4, -0.2) is 43.1 Å². The van der Waals surface area contributed by atoms with Crippen molar-refractivity contribution in [2.24, 2.45) is 0 Å². The molecule has 172 valence electrons. The molecule has 3 rings (SSSR count). The van der Waals surface area contributed by atoms with Gasteiger partial charge in [0.2, 0.25) is 5.78 Å². The summed E-state index contributed by atoms with van der Waals surface area (Å²) in [6, 6.07) is 11.9. The minimum atomic E-state index is -3.36. The summed E-state index contributed by atoms with van der Waals surface area (Å²) in [6.07, 6.45) is 0.124. The van der Waals surface area contributed by atoms with E-state index in [2.05, 4.69) is 10.1 Å². The Bertz CT molecular complexity index is 1130. The molecular formula is C24H22F2N2O5. The lowest BCUT2D eigenvalue weighted by Gasteiger charge is -2.23. The molecule has 0 saturated carbocycles. The summed E-state index contributed by atoms with van der Waals surface area (Å²) in [6.45, 7) is 1.28. The molecule has 0 spiro atoms. The standard InChI is InChI=1S/C24H22F2N2O5/c1-3-20(29)22(31)27-16-10-8-15(9-11-16)23(32)28-13-12-24(25,26)18(14-21(30)33-2)17-6-4-5-7-19(17)28/h4-11,14H,3,12-13H2,1-2H3,(H,27,31)/b18-14-. The third-order valence-electron chi connectivity index (χ3n) is 5.20. The van der Waals surface area contributed by atoms with Gasteiger partial charge >= 0.3 is 5.97 Å². The Labute approximate surface area is 189 Å². The third-order valence-corrected chi connectivity index (χ3v) is 5.20. The number of alkyl halides is 2. The predicted molar refractivity (Wildman–Crippen MR) is 118 cm³/mol. The molecule has 0 aromatic heterocycles. The number of nitrogens with one attached hydrogen (secondary N) is 1. The maximum Gasteiger partial charge on any atom is 0.330 e. The zero-order valence-electron chi connectivity index (χ0n) is 18.1. The molecule has 0 unspecified atom stereocenters. The molecule has 0 bridgehead atoms. The van der Waals surface area contributed by atoms with E-state index in [-0.39, 0.29) is 29.8 Å². The van der Waals surface area contributed by atoms with E-state index >= 15 is 0 Å². The van der Waals surface area contributed by atoms with Gasteiger partial charge in [0.15, 0.2) is 0 Å². The predicted octanol–water partition coefficient (Wildman–Crippen LogP) is 3.85. The molecular weight excluding hydrogens is 434 g/mol. The van der Waals surface area contributed by atoms with Crippen LogP contribution in [0.1, 0.15) is 35.7 Å². The number of fused-ring (bicyclic) bond motifs is 1. The van der Waals surface area contributed by atoms with E-state index in [4.69, 9.17) is 0 Å². The average molecular weight is 456 g/mol. The van der Waals surface area contributed by atoms with Crippen LogP contribution in [0, 0.1) is 0 Å². The lowest BCUT2D eigenvalue weighted by Crippen LogP contribution is -2.33. The average Bonchev–Trinajstić information content (AvgIpc) is 2.92. The van der Waals surface area contributed by atoms with Gasteiger partial charge in [0.25, 0.3) is 17.7 Å². The van der Waals surface area contributed by atoms with Gasteiger partial charge in [-0.3, -0.25) is 14.4 Å². The van der Waals surface area contributed by atoms with Gasteiger partial charge in [-0.05, 0) is 30.3 Å². The number of anilines is 2. The number of hydrogen-bond donors (Lipinski definition) is 1. The summed E-state index contributed by atoms with van der Waals surface area (Å²) in [5.74, 6) is -6.14. The molecule has 0 aliphatic carbocycles. The summed E-state index contributed by atoms with van der Waals surface area (Å²) < 4.78 is 34.4. The molecule has 7 nitrogen and oxygen atoms in total. The number of nitrogens with zero attached hydrogens (tertiary/aromatic N) is 1. The minimum Gasteiger partial charge on any atom is -0.466 e. The normalized spacial score (nSPS) is 15.9. The number of esters is 1. The van der Waals surface area contributed by atoms with Gasteiger partial charge in [-0.25, -0.2) is 13.6 Å². The molecule has 2 aromatic carbocycles. The zero-order chi connectivity index (χ0) is 24.2. The van der Waals surface area contributed by atoms with E-state index in [0.29, 0.717) is 5.69 Å². The fourth-order valence-corrected chi connectivity index (χ4v) is 3.43. The van der Waals surface area contributed by atoms with Crippen molar-refractivity contribution in [3.63, 3.8) is 0 Å². The highest BCUT2D eigenvalue weighted by molar-refractivity contribution is 6.40. The van der Waals surface area contributed by atoms with Crippen LogP contribution >= 0.6 is 0 Å². The largest absolute Gasteiger partial charge is 0.466 e. The Hall–Kier alpha value is -3.88. The molecule has 1 aliphatic rings. The van der Waals surface area contributed by atoms with Crippen molar-refractivity contribution >= 4 is 40.5 Å². The van der Waals surface area contributed by atoms with Gasteiger partial charge in [-0.15, -0.1) is 0 Å². The molecule has 0 radical (unpaired) electrons. The number of Topliss-reactive ketones (excluding diaryl/α,β-unsaturated/α-hetero) is 1. The quantitative estimate of drug-likeness (QED) is 0.419. The summed E-state index contributed by atoms with van der Waals surface area (Å²) >= 11 is 0. The summed E-state index contributed by atoms with van der Waals surface area (Å²) in [5, 5.41) is 2.44. The molecule has 9 heteroatoms. The second-order valence-corrected chi connectivity index (χ2v) is 7.32. The number of hydrogen-bond acceptors (Lipinski definition) is 5. The number of methoxy groups -OCH3 is 1. The maximum atomic E-state index is 14.9. The Morgan fingerprint density at radius 3 is 2.39 bits per heavy atom. The van der Waals surface area contributed by atoms with E-state index in [1.54, 1.807) is 19.1 Å². The lowest BCUT2D eigenvalue weighted by atomic mass is 9.97. The van der Waals surface area contributed by atoms with E-state index in [1.165, 1.54) is 41.3 Å². The van der Waals surface area contributed by atoms with Crippen molar-refractivity contribution in [1.29, 1.82) is 0 Å². The van der Waals surface area contributed by atoms with Crippen LogP contribution in [0.3, 0.4) is 0 Å². The minimum absolute atomic E-state index is 0.0562. The van der Waals surface area contributed by atoms with E-state index in [0.717, 1.165) is 13.2 Å². The molecule has 1 N–H and O–H groups in total. The van der Waals surface area contributed by atoms with Crippen molar-refractivity contribution in [1.82, 2.24) is 0 Å². The number of amides is 2. The van der Waals surface area contributed by atoms with E-state index in [1.807, 2.05) is 0 Å². The van der Waals surface area contributed by atoms with Crippen LogP contribution in [-0.2, 0) is 19.1 Å². The molecule has 2 aromatic rings. The Balaban J connectivity index is 1.94. The Kier molecular flexibility index (Phi) is 7.01. The van der Waals surface area contributed by atoms with Crippen LogP contribution in [0.5, 0.6) is 0 Å². The molecule has 0 atom stereocenters. The summed E-state index contributed by atoms with van der Waals surface area (Å²) in [5.41, 5.74) is 0.304. The highest BCUT2D eigenvalue weighted by atomic mass is 19.3. The van der Waals surface area contributed by atoms with Gasteiger partial charge in [-0.1, -0.05) is 25.1 Å². The van der Waals surface area contributed by atoms with Gasteiger partial charge in [-0.2, -0.15) is 0 Å². The molecule has 2 amide bonds. The first-order chi connectivity index (χ1) is 15.7. The van der Waals surface area contributed by atoms with E-state index < -0.39 is 41.5 Å². The van der Waals surface area contributed by atoms with Crippen LogP contribution in [0.15, 0.2) is 54.6 Å². The molecule has 1 heterocycles. The maximum absolute atomic E-state index is 14.9. The van der Waals surface area contributed by atoms with Gasteiger partial charge in [0.1, 0.15) is 0 Å². The highest BCUT2D eigenvalue weighted by Crippen LogP contribution is 2.43. The fourth-order valence-electron chi connectivity index (χ4n) is 3.43. The fraction of sp³-hybridized carbons (Fsp3) is 0.250. The molecule has 33 heavy (non-hydrogen) atoms. The van der Waals surface area contributed by atoms with Crippen LogP contribution < -0.4 is 10.2 Å². The van der Waals surface area contributed by atoms with Gasteiger partial charge in [0, 0.05) is 47.8 Å². The number of benzene rings is 2. The van der Waals surface area contributed by atoms with Crippen LogP contribution in [0.2, 0.25) is 0 Å². The van der Waals surface area contributed by atoms with Gasteiger partial charge in [0.05, 0.1) is 12.8 Å². The number of rotatable bonds is 5. The number of carbonyl (C=O) groups is 4.